The monoisotopic (exact) mass is 1030 g/mol. The number of imide groups is 1. The predicted octanol–water partition coefficient (Wildman–Crippen LogP) is 6.26. The predicted molar refractivity (Wildman–Crippen MR) is 264 cm³/mol. The highest BCUT2D eigenvalue weighted by Crippen LogP contribution is 2.46. The molecule has 6 N–H and O–H groups in total. The van der Waals surface area contributed by atoms with Crippen LogP contribution >= 0.6 is 22.9 Å². The first-order valence-electron chi connectivity index (χ1n) is 23.4. The minimum Gasteiger partial charge on any atom is -0.483 e. The van der Waals surface area contributed by atoms with Crippen LogP contribution in [0, 0.1) is 0 Å². The van der Waals surface area contributed by atoms with Crippen molar-refractivity contribution < 1.29 is 61.7 Å². The topological polar surface area (TPSA) is 267 Å². The number of ether oxygens (including phenoxy) is 2. The standard InChI is InChI=1S/C49H55ClN6O13S2/c50-43-44(69-28-42(60)61)46(49(64)65)70-45(43)31-11-8-13-34(25-31)52-32-19-22-55(23-20-32)71(66,67)29-30-10-7-12-33(24-30)53-39(57)16-5-3-1-2-4-6-21-51-41(59)27-68-38-15-9-14-35-36(38)26-56(48(35)63)37-17-18-40(58)54-47(37)62/h7-15,24-25,32,37,52H,1-6,16-23,26-29H2,(H,51,59)(H,53,57)(H,60,61)(H,64,65)(H,54,58,62). The summed E-state index contributed by atoms with van der Waals surface area (Å²) in [6, 6.07) is 18.2. The molecule has 0 saturated carbocycles. The van der Waals surface area contributed by atoms with Gasteiger partial charge in [-0.1, -0.05) is 67.6 Å². The average Bonchev–Trinajstić information content (AvgIpc) is 3.85. The summed E-state index contributed by atoms with van der Waals surface area (Å²) < 4.78 is 39.5. The van der Waals surface area contributed by atoms with Gasteiger partial charge in [-0.2, -0.15) is 0 Å². The highest BCUT2D eigenvalue weighted by atomic mass is 35.5. The summed E-state index contributed by atoms with van der Waals surface area (Å²) in [6.07, 6.45) is 6.84. The summed E-state index contributed by atoms with van der Waals surface area (Å²) in [7, 11) is -3.67. The lowest BCUT2D eigenvalue weighted by Gasteiger charge is -2.32. The first kappa shape index (κ1) is 52.3. The molecule has 0 radical (unpaired) electrons. The fourth-order valence-corrected chi connectivity index (χ4v) is 11.7. The first-order chi connectivity index (χ1) is 34.1. The number of carboxylic acids is 2. The van der Waals surface area contributed by atoms with Crippen LogP contribution in [0.1, 0.15) is 102 Å². The number of carbonyl (C=O) groups is 7. The van der Waals surface area contributed by atoms with Crippen LogP contribution in [0.2, 0.25) is 5.02 Å². The minimum atomic E-state index is -3.67. The third kappa shape index (κ3) is 13.9. The van der Waals surface area contributed by atoms with Gasteiger partial charge < -0.3 is 40.5 Å². The molecular formula is C49H55ClN6O13S2. The molecule has 1 aromatic heterocycles. The summed E-state index contributed by atoms with van der Waals surface area (Å²) in [5.74, 6) is -4.24. The summed E-state index contributed by atoms with van der Waals surface area (Å²) in [4.78, 5) is 86.8. The molecule has 0 aliphatic carbocycles. The van der Waals surface area contributed by atoms with Crippen molar-refractivity contribution in [1.82, 2.24) is 19.8 Å². The van der Waals surface area contributed by atoms with Gasteiger partial charge in [0.15, 0.2) is 23.8 Å². The van der Waals surface area contributed by atoms with Crippen LogP contribution in [-0.2, 0) is 46.3 Å². The molecule has 5 amide bonds. The Morgan fingerprint density at radius 3 is 2.30 bits per heavy atom. The highest BCUT2D eigenvalue weighted by molar-refractivity contribution is 7.88. The fraction of sp³-hybridized carbons (Fsp3) is 0.408. The maximum atomic E-state index is 13.5. The molecule has 0 bridgehead atoms. The molecular weight excluding hydrogens is 980 g/mol. The molecule has 0 spiro atoms. The SMILES string of the molecule is O=C(O)COc1c(C(=O)O)sc(-c2cccc(NC3CCN(S(=O)(=O)Cc4cccc(NC(=O)CCCCCCCCNC(=O)COc5cccc6c5CN(C5CCC(=O)NC5=O)C6=O)c4)CC3)c2)c1Cl. The molecule has 3 aliphatic heterocycles. The van der Waals surface area contributed by atoms with Crippen LogP contribution in [0.3, 0.4) is 0 Å². The number of unbranched alkanes of at least 4 members (excludes halogenated alkanes) is 5. The molecule has 378 valence electrons. The number of piperidine rings is 2. The van der Waals surface area contributed by atoms with E-state index < -0.39 is 40.5 Å². The number of carboxylic acid groups (broad SMARTS) is 2. The Balaban J connectivity index is 0.755. The number of hydrogen-bond acceptors (Lipinski definition) is 13. The van der Waals surface area contributed by atoms with Gasteiger partial charge in [0.2, 0.25) is 27.7 Å². The first-order valence-corrected chi connectivity index (χ1v) is 26.2. The van der Waals surface area contributed by atoms with E-state index in [1.165, 1.54) is 9.21 Å². The van der Waals surface area contributed by atoms with Crippen molar-refractivity contribution in [3.8, 4) is 21.9 Å². The molecule has 4 aromatic rings. The molecule has 71 heavy (non-hydrogen) atoms. The van der Waals surface area contributed by atoms with Gasteiger partial charge in [0.1, 0.15) is 16.8 Å². The number of hydrogen-bond donors (Lipinski definition) is 6. The van der Waals surface area contributed by atoms with Crippen LogP contribution in [-0.4, -0.2) is 114 Å². The number of aromatic carboxylic acids is 1. The van der Waals surface area contributed by atoms with Gasteiger partial charge in [0.25, 0.3) is 11.8 Å². The number of anilines is 2. The molecule has 1 atom stereocenters. The molecule has 22 heteroatoms. The Bertz CT molecular complexity index is 2780. The van der Waals surface area contributed by atoms with Crippen LogP contribution in [0.4, 0.5) is 11.4 Å². The number of amides is 5. The van der Waals surface area contributed by atoms with Crippen molar-refractivity contribution in [3.63, 3.8) is 0 Å². The zero-order valence-corrected chi connectivity index (χ0v) is 41.1. The number of nitrogens with one attached hydrogen (secondary N) is 4. The van der Waals surface area contributed by atoms with E-state index in [0.29, 0.717) is 83.9 Å². The van der Waals surface area contributed by atoms with Crippen molar-refractivity contribution in [2.75, 3.05) is 43.5 Å². The van der Waals surface area contributed by atoms with E-state index in [2.05, 4.69) is 21.3 Å². The quantitative estimate of drug-likeness (QED) is 0.0334. The minimum absolute atomic E-state index is 0.000680. The number of thiophene rings is 1. The van der Waals surface area contributed by atoms with E-state index in [1.54, 1.807) is 60.7 Å². The summed E-state index contributed by atoms with van der Waals surface area (Å²) in [6.45, 7) is 0.232. The lowest BCUT2D eigenvalue weighted by Crippen LogP contribution is -2.52. The fourth-order valence-electron chi connectivity index (χ4n) is 8.75. The van der Waals surface area contributed by atoms with Crippen LogP contribution in [0.5, 0.6) is 11.5 Å². The molecule has 19 nitrogen and oxygen atoms in total. The summed E-state index contributed by atoms with van der Waals surface area (Å²) in [5, 5.41) is 30.1. The average molecular weight is 1040 g/mol. The van der Waals surface area contributed by atoms with Crippen molar-refractivity contribution >= 4 is 85.8 Å². The van der Waals surface area contributed by atoms with Crippen LogP contribution in [0.25, 0.3) is 10.4 Å². The van der Waals surface area contributed by atoms with Gasteiger partial charge in [-0.3, -0.25) is 29.3 Å². The van der Waals surface area contributed by atoms with Crippen molar-refractivity contribution in [1.29, 1.82) is 0 Å². The maximum Gasteiger partial charge on any atom is 0.349 e. The van der Waals surface area contributed by atoms with E-state index in [4.69, 9.17) is 26.2 Å². The number of nitrogens with zero attached hydrogens (tertiary/aromatic N) is 2. The summed E-state index contributed by atoms with van der Waals surface area (Å²) >= 11 is 7.35. The third-order valence-corrected chi connectivity index (χ3v) is 15.8. The largest absolute Gasteiger partial charge is 0.483 e. The number of fused-ring (bicyclic) bond motifs is 1. The van der Waals surface area contributed by atoms with Gasteiger partial charge in [-0.25, -0.2) is 22.3 Å². The smallest absolute Gasteiger partial charge is 0.349 e. The van der Waals surface area contributed by atoms with E-state index in [1.807, 2.05) is 6.07 Å². The number of halogens is 1. The third-order valence-electron chi connectivity index (χ3n) is 12.3. The second-order valence-electron chi connectivity index (χ2n) is 17.5. The van der Waals surface area contributed by atoms with E-state index in [9.17, 15) is 47.1 Å². The highest BCUT2D eigenvalue weighted by Gasteiger charge is 2.40. The number of aliphatic carboxylic acids is 1. The Kier molecular flexibility index (Phi) is 17.7. The second-order valence-corrected chi connectivity index (χ2v) is 20.9. The zero-order valence-electron chi connectivity index (χ0n) is 38.7. The number of sulfonamides is 1. The second kappa shape index (κ2) is 24.0. The number of benzene rings is 3. The van der Waals surface area contributed by atoms with Crippen LogP contribution in [0.15, 0.2) is 66.7 Å². The molecule has 1 unspecified atom stereocenters. The van der Waals surface area contributed by atoms with Gasteiger partial charge in [0.05, 0.1) is 17.2 Å². The Morgan fingerprint density at radius 1 is 0.831 bits per heavy atom. The Hall–Kier alpha value is -6.55. The normalized spacial score (nSPS) is 16.3. The zero-order chi connectivity index (χ0) is 50.7. The van der Waals surface area contributed by atoms with Gasteiger partial charge in [-0.15, -0.1) is 11.3 Å². The van der Waals surface area contributed by atoms with Crippen LogP contribution < -0.4 is 30.7 Å². The van der Waals surface area contributed by atoms with Gasteiger partial charge in [-0.05, 0) is 79.6 Å². The lowest BCUT2D eigenvalue weighted by molar-refractivity contribution is -0.139. The van der Waals surface area contributed by atoms with Gasteiger partial charge in [0, 0.05) is 61.0 Å². The number of carbonyl (C=O) groups excluding carboxylic acids is 5. The summed E-state index contributed by atoms with van der Waals surface area (Å²) in [5.41, 5.74) is 3.40. The van der Waals surface area contributed by atoms with Crippen molar-refractivity contribution in [2.45, 2.75) is 95.0 Å². The maximum absolute atomic E-state index is 13.5. The molecule has 3 aliphatic rings. The van der Waals surface area contributed by atoms with E-state index >= 15 is 0 Å². The Labute approximate surface area is 419 Å². The lowest BCUT2D eigenvalue weighted by atomic mass is 10.0. The molecule has 3 aromatic carbocycles. The molecule has 2 saturated heterocycles. The van der Waals surface area contributed by atoms with Crippen molar-refractivity contribution in [2.24, 2.45) is 0 Å². The number of rotatable bonds is 24. The van der Waals surface area contributed by atoms with Crippen molar-refractivity contribution in [3.05, 3.63) is 93.3 Å². The Morgan fingerprint density at radius 2 is 1.55 bits per heavy atom. The van der Waals surface area contributed by atoms with Gasteiger partial charge >= 0.3 is 11.9 Å². The molecule has 4 heterocycles. The van der Waals surface area contributed by atoms with E-state index in [-0.39, 0.29) is 77.1 Å². The molecule has 2 fully saturated rings. The van der Waals surface area contributed by atoms with E-state index in [0.717, 1.165) is 49.1 Å². The molecule has 7 rings (SSSR count).